The van der Waals surface area contributed by atoms with E-state index < -0.39 is 10.0 Å². The molecule has 0 saturated carbocycles. The zero-order valence-electron chi connectivity index (χ0n) is 13.1. The minimum Gasteiger partial charge on any atom is -0.380 e. The summed E-state index contributed by atoms with van der Waals surface area (Å²) in [6.45, 7) is 5.94. The van der Waals surface area contributed by atoms with E-state index in [4.69, 9.17) is 4.74 Å². The van der Waals surface area contributed by atoms with Crippen molar-refractivity contribution < 1.29 is 13.2 Å². The Morgan fingerprint density at radius 1 is 1.24 bits per heavy atom. The molecule has 0 spiro atoms. The summed E-state index contributed by atoms with van der Waals surface area (Å²) in [6, 6.07) is 5.33. The summed E-state index contributed by atoms with van der Waals surface area (Å²) in [6.07, 6.45) is 2.07. The van der Waals surface area contributed by atoms with Gasteiger partial charge in [0.25, 0.3) is 0 Å². The molecule has 1 rings (SSSR count). The number of benzene rings is 1. The van der Waals surface area contributed by atoms with Crippen molar-refractivity contribution in [3.8, 4) is 0 Å². The second kappa shape index (κ2) is 9.15. The van der Waals surface area contributed by atoms with Crippen LogP contribution in [-0.4, -0.2) is 35.2 Å². The molecule has 0 atom stereocenters. The maximum absolute atomic E-state index is 12.3. The average molecular weight is 314 g/mol. The van der Waals surface area contributed by atoms with Crippen LogP contribution in [0.2, 0.25) is 0 Å². The molecule has 0 heterocycles. The molecule has 21 heavy (non-hydrogen) atoms. The second-order valence-electron chi connectivity index (χ2n) is 4.93. The van der Waals surface area contributed by atoms with E-state index in [0.717, 1.165) is 24.0 Å². The highest BCUT2D eigenvalue weighted by Gasteiger charge is 2.17. The van der Waals surface area contributed by atoms with Crippen LogP contribution in [0.25, 0.3) is 0 Å². The lowest BCUT2D eigenvalue weighted by Gasteiger charge is -2.12. The maximum atomic E-state index is 12.3. The van der Waals surface area contributed by atoms with Crippen LogP contribution in [0.5, 0.6) is 0 Å². The lowest BCUT2D eigenvalue weighted by atomic mass is 10.1. The molecule has 0 aliphatic heterocycles. The number of hydrogen-bond acceptors (Lipinski definition) is 4. The van der Waals surface area contributed by atoms with Gasteiger partial charge in [-0.2, -0.15) is 0 Å². The van der Waals surface area contributed by atoms with Crippen LogP contribution in [0.15, 0.2) is 23.1 Å². The van der Waals surface area contributed by atoms with E-state index in [1.807, 2.05) is 20.0 Å². The fraction of sp³-hybridized carbons (Fsp3) is 0.600. The van der Waals surface area contributed by atoms with Crippen molar-refractivity contribution in [3.05, 3.63) is 29.3 Å². The highest BCUT2D eigenvalue weighted by atomic mass is 32.2. The molecular formula is C15H26N2O3S. The fourth-order valence-corrected chi connectivity index (χ4v) is 3.31. The Labute approximate surface area is 128 Å². The predicted molar refractivity (Wildman–Crippen MR) is 84.9 cm³/mol. The number of unbranched alkanes of at least 4 members (excludes halogenated alkanes) is 1. The smallest absolute Gasteiger partial charge is 0.240 e. The van der Waals surface area contributed by atoms with Gasteiger partial charge < -0.3 is 10.1 Å². The molecule has 2 N–H and O–H groups in total. The second-order valence-corrected chi connectivity index (χ2v) is 6.67. The van der Waals surface area contributed by atoms with E-state index >= 15 is 0 Å². The average Bonchev–Trinajstić information content (AvgIpc) is 2.45. The molecule has 0 radical (unpaired) electrons. The minimum atomic E-state index is -3.48. The summed E-state index contributed by atoms with van der Waals surface area (Å²) in [5, 5.41) is 3.04. The van der Waals surface area contributed by atoms with E-state index in [-0.39, 0.29) is 0 Å². The summed E-state index contributed by atoms with van der Waals surface area (Å²) in [5.41, 5.74) is 1.77. The van der Waals surface area contributed by atoms with Crippen molar-refractivity contribution >= 4 is 10.0 Å². The van der Waals surface area contributed by atoms with Crippen LogP contribution >= 0.6 is 0 Å². The van der Waals surface area contributed by atoms with Gasteiger partial charge in [0.1, 0.15) is 0 Å². The Hall–Kier alpha value is -0.950. The molecule has 0 amide bonds. The highest BCUT2D eigenvalue weighted by Crippen LogP contribution is 2.18. The number of nitrogens with one attached hydrogen (secondary N) is 2. The molecule has 0 aliphatic carbocycles. The largest absolute Gasteiger partial charge is 0.380 e. The van der Waals surface area contributed by atoms with E-state index in [2.05, 4.69) is 17.0 Å². The SMILES string of the molecule is CCCCOCCNS(=O)(=O)c1cccc(CNC)c1C. The van der Waals surface area contributed by atoms with Gasteiger partial charge in [-0.3, -0.25) is 0 Å². The maximum Gasteiger partial charge on any atom is 0.240 e. The Kier molecular flexibility index (Phi) is 7.88. The lowest BCUT2D eigenvalue weighted by Crippen LogP contribution is -2.28. The summed E-state index contributed by atoms with van der Waals surface area (Å²) in [4.78, 5) is 0.337. The summed E-state index contributed by atoms with van der Waals surface area (Å²) >= 11 is 0. The van der Waals surface area contributed by atoms with Crippen LogP contribution in [0, 0.1) is 6.92 Å². The quantitative estimate of drug-likeness (QED) is 0.646. The van der Waals surface area contributed by atoms with Gasteiger partial charge in [0.2, 0.25) is 10.0 Å². The first kappa shape index (κ1) is 18.1. The molecule has 0 saturated heterocycles. The van der Waals surface area contributed by atoms with E-state index in [1.165, 1.54) is 0 Å². The van der Waals surface area contributed by atoms with Crippen molar-refractivity contribution in [2.75, 3.05) is 26.8 Å². The van der Waals surface area contributed by atoms with Gasteiger partial charge in [-0.05, 0) is 37.6 Å². The highest BCUT2D eigenvalue weighted by molar-refractivity contribution is 7.89. The van der Waals surface area contributed by atoms with Crippen molar-refractivity contribution in [3.63, 3.8) is 0 Å². The molecule has 0 unspecified atom stereocenters. The summed E-state index contributed by atoms with van der Waals surface area (Å²) < 4.78 is 32.6. The van der Waals surface area contributed by atoms with Crippen LogP contribution in [-0.2, 0) is 21.3 Å². The standard InChI is InChI=1S/C15H26N2O3S/c1-4-5-10-20-11-9-17-21(18,19)15-8-6-7-14(12-16-3)13(15)2/h6-8,16-17H,4-5,9-12H2,1-3H3. The Balaban J connectivity index is 2.64. The van der Waals surface area contributed by atoms with E-state index in [1.54, 1.807) is 12.1 Å². The molecule has 0 fully saturated rings. The van der Waals surface area contributed by atoms with Crippen molar-refractivity contribution in [2.24, 2.45) is 0 Å². The normalized spacial score (nSPS) is 11.8. The summed E-state index contributed by atoms with van der Waals surface area (Å²) in [5.74, 6) is 0. The van der Waals surface area contributed by atoms with Gasteiger partial charge in [0.05, 0.1) is 11.5 Å². The van der Waals surface area contributed by atoms with E-state index in [9.17, 15) is 8.42 Å². The molecule has 0 aromatic heterocycles. The van der Waals surface area contributed by atoms with Gasteiger partial charge in [-0.1, -0.05) is 25.5 Å². The molecule has 1 aromatic rings. The van der Waals surface area contributed by atoms with Crippen LogP contribution < -0.4 is 10.0 Å². The molecule has 120 valence electrons. The number of rotatable bonds is 10. The van der Waals surface area contributed by atoms with Crippen molar-refractivity contribution in [2.45, 2.75) is 38.1 Å². The van der Waals surface area contributed by atoms with Crippen LogP contribution in [0.3, 0.4) is 0 Å². The Bertz CT molecular complexity index is 530. The third-order valence-corrected chi connectivity index (χ3v) is 4.84. The topological polar surface area (TPSA) is 67.4 Å². The van der Waals surface area contributed by atoms with Gasteiger partial charge in [-0.25, -0.2) is 13.1 Å². The zero-order chi connectivity index (χ0) is 15.7. The van der Waals surface area contributed by atoms with Crippen LogP contribution in [0.4, 0.5) is 0 Å². The third kappa shape index (κ3) is 5.74. The van der Waals surface area contributed by atoms with Crippen molar-refractivity contribution in [1.82, 2.24) is 10.0 Å². The molecule has 1 aromatic carbocycles. The van der Waals surface area contributed by atoms with Crippen molar-refractivity contribution in [1.29, 1.82) is 0 Å². The van der Waals surface area contributed by atoms with Gasteiger partial charge in [0, 0.05) is 19.7 Å². The Morgan fingerprint density at radius 3 is 2.67 bits per heavy atom. The lowest BCUT2D eigenvalue weighted by molar-refractivity contribution is 0.136. The first-order valence-electron chi connectivity index (χ1n) is 7.33. The third-order valence-electron chi connectivity index (χ3n) is 3.23. The number of ether oxygens (including phenoxy) is 1. The molecule has 6 heteroatoms. The first-order valence-corrected chi connectivity index (χ1v) is 8.81. The summed E-state index contributed by atoms with van der Waals surface area (Å²) in [7, 11) is -1.64. The molecular weight excluding hydrogens is 288 g/mol. The minimum absolute atomic E-state index is 0.293. The van der Waals surface area contributed by atoms with E-state index in [0.29, 0.717) is 31.2 Å². The zero-order valence-corrected chi connectivity index (χ0v) is 13.9. The van der Waals surface area contributed by atoms with Gasteiger partial charge in [0.15, 0.2) is 0 Å². The number of hydrogen-bond donors (Lipinski definition) is 2. The monoisotopic (exact) mass is 314 g/mol. The number of sulfonamides is 1. The fourth-order valence-electron chi connectivity index (χ4n) is 2.01. The predicted octanol–water partition coefficient (Wildman–Crippen LogP) is 1.81. The molecule has 5 nitrogen and oxygen atoms in total. The molecule has 0 aliphatic rings. The Morgan fingerprint density at radius 2 is 2.00 bits per heavy atom. The van der Waals surface area contributed by atoms with Gasteiger partial charge in [-0.15, -0.1) is 0 Å². The molecule has 0 bridgehead atoms. The van der Waals surface area contributed by atoms with Gasteiger partial charge >= 0.3 is 0 Å². The first-order chi connectivity index (χ1) is 10.0. The van der Waals surface area contributed by atoms with Crippen LogP contribution in [0.1, 0.15) is 30.9 Å².